The second-order valence-electron chi connectivity index (χ2n) is 4.67. The largest absolute Gasteiger partial charge is 0.494 e. The molecule has 0 saturated carbocycles. The molecule has 1 aromatic heterocycles. The molecule has 0 saturated heterocycles. The summed E-state index contributed by atoms with van der Waals surface area (Å²) in [7, 11) is 0. The van der Waals surface area contributed by atoms with Crippen molar-refractivity contribution in [2.75, 3.05) is 6.61 Å². The molecule has 2 rings (SSSR count). The Bertz CT molecular complexity index is 650. The summed E-state index contributed by atoms with van der Waals surface area (Å²) in [6, 6.07) is 9.43. The van der Waals surface area contributed by atoms with Crippen LogP contribution in [0.3, 0.4) is 0 Å². The number of hydrogen-bond acceptors (Lipinski definition) is 3. The Hall–Kier alpha value is -1.81. The lowest BCUT2D eigenvalue weighted by atomic mass is 10.1. The van der Waals surface area contributed by atoms with E-state index in [-0.39, 0.29) is 11.4 Å². The van der Waals surface area contributed by atoms with Crippen molar-refractivity contribution in [3.8, 4) is 17.0 Å². The van der Waals surface area contributed by atoms with Crippen molar-refractivity contribution >= 4 is 11.6 Å². The number of aryl methyl sites for hydroxylation is 1. The molecule has 4 nitrogen and oxygen atoms in total. The molecule has 1 heterocycles. The van der Waals surface area contributed by atoms with E-state index in [0.29, 0.717) is 18.7 Å². The SMILES string of the molecule is CCCn1nc(-c2ccc(OCC)cc2)cc(CCl)c1=O. The summed E-state index contributed by atoms with van der Waals surface area (Å²) >= 11 is 5.87. The highest BCUT2D eigenvalue weighted by molar-refractivity contribution is 6.17. The van der Waals surface area contributed by atoms with Crippen LogP contribution in [0.1, 0.15) is 25.8 Å². The fourth-order valence-corrected chi connectivity index (χ4v) is 2.28. The van der Waals surface area contributed by atoms with Crippen LogP contribution < -0.4 is 10.3 Å². The zero-order valence-electron chi connectivity index (χ0n) is 12.3. The molecule has 0 fully saturated rings. The third-order valence-electron chi connectivity index (χ3n) is 3.09. The maximum Gasteiger partial charge on any atom is 0.271 e. The minimum absolute atomic E-state index is 0.110. The topological polar surface area (TPSA) is 44.1 Å². The van der Waals surface area contributed by atoms with Crippen LogP contribution in [-0.4, -0.2) is 16.4 Å². The van der Waals surface area contributed by atoms with Crippen LogP contribution in [-0.2, 0) is 12.4 Å². The van der Waals surface area contributed by atoms with Crippen molar-refractivity contribution in [3.05, 3.63) is 46.2 Å². The lowest BCUT2D eigenvalue weighted by Crippen LogP contribution is -2.26. The molecule has 2 aromatic rings. The van der Waals surface area contributed by atoms with Gasteiger partial charge in [0.05, 0.1) is 18.2 Å². The van der Waals surface area contributed by atoms with Crippen LogP contribution >= 0.6 is 11.6 Å². The number of hydrogen-bond donors (Lipinski definition) is 0. The van der Waals surface area contributed by atoms with Crippen molar-refractivity contribution in [2.24, 2.45) is 0 Å². The highest BCUT2D eigenvalue weighted by atomic mass is 35.5. The van der Waals surface area contributed by atoms with E-state index in [1.54, 1.807) is 6.07 Å². The van der Waals surface area contributed by atoms with Crippen LogP contribution in [0.15, 0.2) is 35.1 Å². The quantitative estimate of drug-likeness (QED) is 0.768. The minimum atomic E-state index is -0.110. The Morgan fingerprint density at radius 1 is 1.24 bits per heavy atom. The Balaban J connectivity index is 2.42. The number of aromatic nitrogens is 2. The first kappa shape index (κ1) is 15.6. The fraction of sp³-hybridized carbons (Fsp3) is 0.375. The summed E-state index contributed by atoms with van der Waals surface area (Å²) in [6.45, 7) is 5.18. The number of ether oxygens (including phenoxy) is 1. The van der Waals surface area contributed by atoms with Gasteiger partial charge in [-0.25, -0.2) is 4.68 Å². The molecule has 1 aromatic carbocycles. The van der Waals surface area contributed by atoms with Crippen LogP contribution in [0.2, 0.25) is 0 Å². The van der Waals surface area contributed by atoms with Crippen molar-refractivity contribution in [1.82, 2.24) is 9.78 Å². The Labute approximate surface area is 129 Å². The van der Waals surface area contributed by atoms with Gasteiger partial charge in [-0.15, -0.1) is 11.6 Å². The molecule has 0 radical (unpaired) electrons. The molecular formula is C16H19ClN2O2. The molecule has 0 spiro atoms. The molecular weight excluding hydrogens is 288 g/mol. The van der Waals surface area contributed by atoms with Crippen molar-refractivity contribution in [3.63, 3.8) is 0 Å². The summed E-state index contributed by atoms with van der Waals surface area (Å²) in [5, 5.41) is 4.42. The second kappa shape index (κ2) is 7.27. The second-order valence-corrected chi connectivity index (χ2v) is 4.94. The van der Waals surface area contributed by atoms with Gasteiger partial charge in [-0.1, -0.05) is 6.92 Å². The van der Waals surface area contributed by atoms with Gasteiger partial charge in [-0.05, 0) is 43.7 Å². The summed E-state index contributed by atoms with van der Waals surface area (Å²) in [4.78, 5) is 12.1. The molecule has 21 heavy (non-hydrogen) atoms. The van der Waals surface area contributed by atoms with Gasteiger partial charge in [0.2, 0.25) is 0 Å². The van der Waals surface area contributed by atoms with Gasteiger partial charge in [0.25, 0.3) is 5.56 Å². The van der Waals surface area contributed by atoms with Gasteiger partial charge < -0.3 is 4.74 Å². The lowest BCUT2D eigenvalue weighted by molar-refractivity contribution is 0.340. The molecule has 5 heteroatoms. The van der Waals surface area contributed by atoms with Crippen LogP contribution in [0, 0.1) is 0 Å². The first-order valence-corrected chi connectivity index (χ1v) is 7.63. The van der Waals surface area contributed by atoms with E-state index in [9.17, 15) is 4.79 Å². The molecule has 0 N–H and O–H groups in total. The molecule has 0 amide bonds. The molecule has 0 unspecified atom stereocenters. The van der Waals surface area contributed by atoms with E-state index in [2.05, 4.69) is 5.10 Å². The van der Waals surface area contributed by atoms with Gasteiger partial charge in [-0.2, -0.15) is 5.10 Å². The predicted molar refractivity (Wildman–Crippen MR) is 85.0 cm³/mol. The third-order valence-corrected chi connectivity index (χ3v) is 3.38. The van der Waals surface area contributed by atoms with Crippen molar-refractivity contribution < 1.29 is 4.74 Å². The number of alkyl halides is 1. The van der Waals surface area contributed by atoms with E-state index in [0.717, 1.165) is 23.4 Å². The summed E-state index contributed by atoms with van der Waals surface area (Å²) in [5.41, 5.74) is 2.15. The first-order chi connectivity index (χ1) is 10.2. The van der Waals surface area contributed by atoms with Crippen LogP contribution in [0.5, 0.6) is 5.75 Å². The normalized spacial score (nSPS) is 10.6. The third kappa shape index (κ3) is 3.64. The molecule has 0 atom stereocenters. The van der Waals surface area contributed by atoms with Gasteiger partial charge in [0.1, 0.15) is 5.75 Å². The van der Waals surface area contributed by atoms with E-state index < -0.39 is 0 Å². The van der Waals surface area contributed by atoms with Crippen LogP contribution in [0.4, 0.5) is 0 Å². The number of halogens is 1. The standard InChI is InChI=1S/C16H19ClN2O2/c1-3-9-19-16(20)13(11-17)10-15(18-19)12-5-7-14(8-6-12)21-4-2/h5-8,10H,3-4,9,11H2,1-2H3. The molecule has 112 valence electrons. The van der Waals surface area contributed by atoms with Crippen molar-refractivity contribution in [1.29, 1.82) is 0 Å². The van der Waals surface area contributed by atoms with E-state index in [1.165, 1.54) is 4.68 Å². The molecule has 0 aliphatic carbocycles. The monoisotopic (exact) mass is 306 g/mol. The van der Waals surface area contributed by atoms with E-state index in [4.69, 9.17) is 16.3 Å². The zero-order chi connectivity index (χ0) is 15.2. The maximum atomic E-state index is 12.1. The Morgan fingerprint density at radius 2 is 1.95 bits per heavy atom. The maximum absolute atomic E-state index is 12.1. The fourth-order valence-electron chi connectivity index (χ4n) is 2.09. The molecule has 0 bridgehead atoms. The highest BCUT2D eigenvalue weighted by Gasteiger charge is 2.09. The van der Waals surface area contributed by atoms with Gasteiger partial charge in [0, 0.05) is 17.7 Å². The van der Waals surface area contributed by atoms with Gasteiger partial charge in [-0.3, -0.25) is 4.79 Å². The summed E-state index contributed by atoms with van der Waals surface area (Å²) in [5.74, 6) is 1.01. The predicted octanol–water partition coefficient (Wildman–Crippen LogP) is 3.46. The molecule has 0 aliphatic heterocycles. The van der Waals surface area contributed by atoms with Crippen LogP contribution in [0.25, 0.3) is 11.3 Å². The van der Waals surface area contributed by atoms with Gasteiger partial charge in [0.15, 0.2) is 0 Å². The minimum Gasteiger partial charge on any atom is -0.494 e. The smallest absolute Gasteiger partial charge is 0.271 e. The van der Waals surface area contributed by atoms with Gasteiger partial charge >= 0.3 is 0 Å². The molecule has 0 aliphatic rings. The number of benzene rings is 1. The van der Waals surface area contributed by atoms with E-state index >= 15 is 0 Å². The Kier molecular flexibility index (Phi) is 5.39. The Morgan fingerprint density at radius 3 is 2.52 bits per heavy atom. The number of rotatable bonds is 6. The number of nitrogens with zero attached hydrogens (tertiary/aromatic N) is 2. The first-order valence-electron chi connectivity index (χ1n) is 7.09. The lowest BCUT2D eigenvalue weighted by Gasteiger charge is -2.09. The van der Waals surface area contributed by atoms with Crippen molar-refractivity contribution in [2.45, 2.75) is 32.7 Å². The average molecular weight is 307 g/mol. The summed E-state index contributed by atoms with van der Waals surface area (Å²) < 4.78 is 6.92. The van der Waals surface area contributed by atoms with E-state index in [1.807, 2.05) is 38.1 Å². The highest BCUT2D eigenvalue weighted by Crippen LogP contribution is 2.21. The zero-order valence-corrected chi connectivity index (χ0v) is 13.1. The summed E-state index contributed by atoms with van der Waals surface area (Å²) in [6.07, 6.45) is 0.849. The average Bonchev–Trinajstić information content (AvgIpc) is 2.51.